The lowest BCUT2D eigenvalue weighted by molar-refractivity contribution is 0.452. The molecular formula is C15H17BrClN3O. The summed E-state index contributed by atoms with van der Waals surface area (Å²) >= 11 is 9.32. The summed E-state index contributed by atoms with van der Waals surface area (Å²) in [7, 11) is 0. The fourth-order valence-electron chi connectivity index (χ4n) is 1.68. The molecule has 4 nitrogen and oxygen atoms in total. The van der Waals surface area contributed by atoms with Crippen LogP contribution in [0, 0.1) is 5.92 Å². The van der Waals surface area contributed by atoms with Gasteiger partial charge in [0.25, 0.3) is 0 Å². The normalized spacial score (nSPS) is 10.9. The zero-order chi connectivity index (χ0) is 15.2. The van der Waals surface area contributed by atoms with E-state index in [0.717, 1.165) is 16.7 Å². The Bertz CT molecular complexity index is 607. The van der Waals surface area contributed by atoms with Crippen molar-refractivity contribution in [2.24, 2.45) is 5.92 Å². The highest BCUT2D eigenvalue weighted by Crippen LogP contribution is 2.30. The Balaban J connectivity index is 2.03. The Morgan fingerprint density at radius 3 is 2.86 bits per heavy atom. The molecule has 0 spiro atoms. The number of ether oxygens (including phenoxy) is 1. The molecule has 0 radical (unpaired) electrons. The summed E-state index contributed by atoms with van der Waals surface area (Å²) in [6.45, 7) is 5.94. The van der Waals surface area contributed by atoms with Crippen LogP contribution in [0.3, 0.4) is 0 Å². The summed E-state index contributed by atoms with van der Waals surface area (Å²) in [6.07, 6.45) is 3.32. The van der Waals surface area contributed by atoms with Crippen LogP contribution in [0.4, 0.5) is 0 Å². The van der Waals surface area contributed by atoms with Crippen LogP contribution in [-0.4, -0.2) is 16.5 Å². The second-order valence-electron chi connectivity index (χ2n) is 5.05. The minimum atomic E-state index is 0.460. The van der Waals surface area contributed by atoms with E-state index in [9.17, 15) is 0 Å². The zero-order valence-corrected chi connectivity index (χ0v) is 14.3. The zero-order valence-electron chi connectivity index (χ0n) is 11.9. The molecule has 0 fully saturated rings. The van der Waals surface area contributed by atoms with Gasteiger partial charge in [0.05, 0.1) is 16.4 Å². The molecule has 1 aromatic carbocycles. The largest absolute Gasteiger partial charge is 0.436 e. The van der Waals surface area contributed by atoms with Crippen LogP contribution in [0.1, 0.15) is 19.5 Å². The third kappa shape index (κ3) is 5.26. The van der Waals surface area contributed by atoms with Crippen molar-refractivity contribution in [1.29, 1.82) is 0 Å². The van der Waals surface area contributed by atoms with Crippen molar-refractivity contribution >= 4 is 27.5 Å². The fourth-order valence-corrected chi connectivity index (χ4v) is 2.44. The molecule has 1 heterocycles. The minimum Gasteiger partial charge on any atom is -0.436 e. The molecule has 0 amide bonds. The Morgan fingerprint density at radius 2 is 2.14 bits per heavy atom. The number of aromatic nitrogens is 2. The molecule has 2 rings (SSSR count). The van der Waals surface area contributed by atoms with Gasteiger partial charge >= 0.3 is 0 Å². The minimum absolute atomic E-state index is 0.460. The number of rotatable bonds is 6. The van der Waals surface area contributed by atoms with Gasteiger partial charge in [0.2, 0.25) is 5.88 Å². The molecule has 2 aromatic rings. The third-order valence-electron chi connectivity index (χ3n) is 2.63. The van der Waals surface area contributed by atoms with Gasteiger partial charge in [-0.1, -0.05) is 25.4 Å². The SMILES string of the molecule is CC(C)CNCc1cncc(Oc2ccc(Cl)cc2Br)n1. The van der Waals surface area contributed by atoms with Crippen LogP contribution in [0.5, 0.6) is 11.6 Å². The summed E-state index contributed by atoms with van der Waals surface area (Å²) in [5.74, 6) is 1.71. The second kappa shape index (κ2) is 7.73. The molecule has 0 saturated carbocycles. The molecular weight excluding hydrogens is 354 g/mol. The lowest BCUT2D eigenvalue weighted by Gasteiger charge is -2.09. The molecule has 0 aliphatic carbocycles. The highest BCUT2D eigenvalue weighted by atomic mass is 79.9. The number of hydrogen-bond donors (Lipinski definition) is 1. The number of nitrogens with zero attached hydrogens (tertiary/aromatic N) is 2. The number of benzene rings is 1. The van der Waals surface area contributed by atoms with Crippen LogP contribution in [0.25, 0.3) is 0 Å². The maximum atomic E-state index is 5.91. The quantitative estimate of drug-likeness (QED) is 0.817. The van der Waals surface area contributed by atoms with Gasteiger partial charge in [0.15, 0.2) is 0 Å². The Morgan fingerprint density at radius 1 is 1.33 bits per heavy atom. The smallest absolute Gasteiger partial charge is 0.238 e. The summed E-state index contributed by atoms with van der Waals surface area (Å²) < 4.78 is 6.50. The van der Waals surface area contributed by atoms with E-state index in [-0.39, 0.29) is 0 Å². The number of hydrogen-bond acceptors (Lipinski definition) is 4. The Kier molecular flexibility index (Phi) is 5.96. The molecule has 6 heteroatoms. The summed E-state index contributed by atoms with van der Waals surface area (Å²) in [5.41, 5.74) is 0.846. The molecule has 0 saturated heterocycles. The first-order valence-electron chi connectivity index (χ1n) is 6.69. The average molecular weight is 371 g/mol. The van der Waals surface area contributed by atoms with Crippen LogP contribution in [0.15, 0.2) is 35.1 Å². The van der Waals surface area contributed by atoms with Gasteiger partial charge in [-0.3, -0.25) is 4.98 Å². The van der Waals surface area contributed by atoms with E-state index in [1.54, 1.807) is 30.6 Å². The predicted octanol–water partition coefficient (Wildman–Crippen LogP) is 4.43. The summed E-state index contributed by atoms with van der Waals surface area (Å²) in [5, 5.41) is 3.97. The molecule has 0 aliphatic rings. The monoisotopic (exact) mass is 369 g/mol. The van der Waals surface area contributed by atoms with Crippen molar-refractivity contribution in [3.05, 3.63) is 45.8 Å². The Labute approximate surface area is 138 Å². The molecule has 0 unspecified atom stereocenters. The van der Waals surface area contributed by atoms with Crippen molar-refractivity contribution in [2.45, 2.75) is 20.4 Å². The van der Waals surface area contributed by atoms with E-state index in [2.05, 4.69) is 45.1 Å². The van der Waals surface area contributed by atoms with E-state index < -0.39 is 0 Å². The molecule has 0 aliphatic heterocycles. The first-order valence-corrected chi connectivity index (χ1v) is 7.86. The first-order chi connectivity index (χ1) is 10.0. The number of halogens is 2. The maximum absolute atomic E-state index is 5.91. The van der Waals surface area contributed by atoms with E-state index in [1.807, 2.05) is 0 Å². The van der Waals surface area contributed by atoms with Gasteiger partial charge in [-0.25, -0.2) is 4.98 Å². The predicted molar refractivity (Wildman–Crippen MR) is 87.8 cm³/mol. The second-order valence-corrected chi connectivity index (χ2v) is 6.34. The first kappa shape index (κ1) is 16.2. The standard InChI is InChI=1S/C15H17BrClN3O/c1-10(2)6-18-7-12-8-19-9-15(20-12)21-14-4-3-11(17)5-13(14)16/h3-5,8-10,18H,6-7H2,1-2H3. The molecule has 0 atom stereocenters. The van der Waals surface area contributed by atoms with E-state index >= 15 is 0 Å². The van der Waals surface area contributed by atoms with Crippen LogP contribution in [0.2, 0.25) is 5.02 Å². The van der Waals surface area contributed by atoms with E-state index in [4.69, 9.17) is 16.3 Å². The van der Waals surface area contributed by atoms with Crippen LogP contribution >= 0.6 is 27.5 Å². The molecule has 1 aromatic heterocycles. The average Bonchev–Trinajstić information content (AvgIpc) is 2.42. The Hall–Kier alpha value is -1.17. The van der Waals surface area contributed by atoms with Gasteiger partial charge < -0.3 is 10.1 Å². The number of nitrogens with one attached hydrogen (secondary N) is 1. The van der Waals surface area contributed by atoms with Gasteiger partial charge in [-0.2, -0.15) is 0 Å². The highest BCUT2D eigenvalue weighted by Gasteiger charge is 2.06. The molecule has 21 heavy (non-hydrogen) atoms. The lowest BCUT2D eigenvalue weighted by atomic mass is 10.2. The molecule has 0 bridgehead atoms. The van der Waals surface area contributed by atoms with Crippen molar-refractivity contribution in [1.82, 2.24) is 15.3 Å². The third-order valence-corrected chi connectivity index (χ3v) is 3.48. The van der Waals surface area contributed by atoms with E-state index in [0.29, 0.717) is 29.1 Å². The highest BCUT2D eigenvalue weighted by molar-refractivity contribution is 9.10. The topological polar surface area (TPSA) is 47.0 Å². The van der Waals surface area contributed by atoms with Crippen molar-refractivity contribution in [2.75, 3.05) is 6.54 Å². The van der Waals surface area contributed by atoms with Gasteiger partial charge in [-0.15, -0.1) is 0 Å². The van der Waals surface area contributed by atoms with E-state index in [1.165, 1.54) is 0 Å². The summed E-state index contributed by atoms with van der Waals surface area (Å²) in [4.78, 5) is 8.58. The molecule has 1 N–H and O–H groups in total. The van der Waals surface area contributed by atoms with Gasteiger partial charge in [0, 0.05) is 17.8 Å². The van der Waals surface area contributed by atoms with Crippen LogP contribution in [-0.2, 0) is 6.54 Å². The lowest BCUT2D eigenvalue weighted by Crippen LogP contribution is -2.19. The van der Waals surface area contributed by atoms with Crippen molar-refractivity contribution < 1.29 is 4.74 Å². The fraction of sp³-hybridized carbons (Fsp3) is 0.333. The van der Waals surface area contributed by atoms with Crippen molar-refractivity contribution in [3.63, 3.8) is 0 Å². The van der Waals surface area contributed by atoms with Crippen molar-refractivity contribution in [3.8, 4) is 11.6 Å². The maximum Gasteiger partial charge on any atom is 0.238 e. The van der Waals surface area contributed by atoms with Gasteiger partial charge in [-0.05, 0) is 46.6 Å². The summed E-state index contributed by atoms with van der Waals surface area (Å²) in [6, 6.07) is 5.33. The molecule has 112 valence electrons. The van der Waals surface area contributed by atoms with Gasteiger partial charge in [0.1, 0.15) is 5.75 Å². The van der Waals surface area contributed by atoms with Crippen LogP contribution < -0.4 is 10.1 Å².